The van der Waals surface area contributed by atoms with Crippen LogP contribution in [0.15, 0.2) is 29.1 Å². The molecule has 0 aliphatic heterocycles. The number of aromatic nitrogens is 1. The van der Waals surface area contributed by atoms with E-state index in [1.807, 2.05) is 17.5 Å². The summed E-state index contributed by atoms with van der Waals surface area (Å²) in [6.45, 7) is 6.27. The van der Waals surface area contributed by atoms with Crippen molar-refractivity contribution in [2.45, 2.75) is 39.7 Å². The van der Waals surface area contributed by atoms with Gasteiger partial charge in [-0.05, 0) is 16.9 Å². The number of thiophene rings is 1. The van der Waals surface area contributed by atoms with E-state index < -0.39 is 0 Å². The molecule has 2 rings (SSSR count). The summed E-state index contributed by atoms with van der Waals surface area (Å²) in [5, 5.41) is 10.1. The van der Waals surface area contributed by atoms with Gasteiger partial charge in [-0.1, -0.05) is 26.8 Å². The minimum atomic E-state index is -0.196. The van der Waals surface area contributed by atoms with Crippen LogP contribution in [0.1, 0.15) is 44.5 Å². The molecule has 0 saturated carbocycles. The van der Waals surface area contributed by atoms with Crippen LogP contribution in [-0.2, 0) is 9.59 Å². The molecule has 1 atom stereocenters. The molecule has 124 valence electrons. The quantitative estimate of drug-likeness (QED) is 0.831. The minimum absolute atomic E-state index is 0.0583. The third kappa shape index (κ3) is 5.44. The number of amides is 2. The second-order valence-corrected chi connectivity index (χ2v) is 8.14. The van der Waals surface area contributed by atoms with E-state index in [2.05, 4.69) is 36.4 Å². The van der Waals surface area contributed by atoms with Crippen molar-refractivity contribution >= 4 is 39.6 Å². The highest BCUT2D eigenvalue weighted by atomic mass is 32.1. The zero-order valence-corrected chi connectivity index (χ0v) is 15.1. The minimum Gasteiger partial charge on any atom is -0.348 e. The van der Waals surface area contributed by atoms with Crippen molar-refractivity contribution in [1.82, 2.24) is 10.3 Å². The first-order chi connectivity index (χ1) is 10.9. The Balaban J connectivity index is 1.86. The Labute approximate surface area is 144 Å². The number of nitrogens with zero attached hydrogens (tertiary/aromatic N) is 1. The molecule has 0 saturated heterocycles. The zero-order valence-electron chi connectivity index (χ0n) is 13.5. The summed E-state index contributed by atoms with van der Waals surface area (Å²) in [5.41, 5.74) is -0.0936. The molecule has 2 aromatic heterocycles. The van der Waals surface area contributed by atoms with Crippen molar-refractivity contribution in [3.05, 3.63) is 34.0 Å². The van der Waals surface area contributed by atoms with Crippen LogP contribution < -0.4 is 10.6 Å². The molecule has 2 amide bonds. The fraction of sp³-hybridized carbons (Fsp3) is 0.438. The van der Waals surface area contributed by atoms with E-state index in [9.17, 15) is 9.59 Å². The normalized spacial score (nSPS) is 12.7. The van der Waals surface area contributed by atoms with Crippen LogP contribution in [0.25, 0.3) is 0 Å². The number of carbonyl (C=O) groups is 2. The summed E-state index contributed by atoms with van der Waals surface area (Å²) in [5.74, 6) is -0.314. The van der Waals surface area contributed by atoms with Crippen LogP contribution in [0.5, 0.6) is 0 Å². The maximum absolute atomic E-state index is 12.2. The third-order valence-corrected chi connectivity index (χ3v) is 4.88. The Morgan fingerprint density at radius 3 is 2.48 bits per heavy atom. The van der Waals surface area contributed by atoms with Gasteiger partial charge in [-0.3, -0.25) is 9.59 Å². The van der Waals surface area contributed by atoms with Crippen LogP contribution in [0.2, 0.25) is 0 Å². The summed E-state index contributed by atoms with van der Waals surface area (Å²) in [6.07, 6.45) is 1.93. The highest BCUT2D eigenvalue weighted by Crippen LogP contribution is 2.35. The summed E-state index contributed by atoms with van der Waals surface area (Å²) < 4.78 is 0. The molecule has 2 N–H and O–H groups in total. The zero-order chi connectivity index (χ0) is 16.9. The van der Waals surface area contributed by atoms with E-state index in [4.69, 9.17) is 0 Å². The van der Waals surface area contributed by atoms with Gasteiger partial charge in [0.15, 0.2) is 5.13 Å². The molecule has 0 radical (unpaired) electrons. The third-order valence-electron chi connectivity index (χ3n) is 3.26. The van der Waals surface area contributed by atoms with Gasteiger partial charge in [0, 0.05) is 29.3 Å². The number of carbonyl (C=O) groups excluding carboxylic acids is 2. The molecular weight excluding hydrogens is 330 g/mol. The highest BCUT2D eigenvalue weighted by Gasteiger charge is 2.28. The number of anilines is 1. The SMILES string of the molecule is CC(C)(C)[C@H](NC(=O)CCC(=O)Nc1nccs1)c1cccs1. The Kier molecular flexibility index (Phi) is 5.90. The van der Waals surface area contributed by atoms with E-state index in [0.29, 0.717) is 5.13 Å². The Morgan fingerprint density at radius 1 is 1.17 bits per heavy atom. The predicted octanol–water partition coefficient (Wildman–Crippen LogP) is 3.83. The van der Waals surface area contributed by atoms with Crippen LogP contribution >= 0.6 is 22.7 Å². The lowest BCUT2D eigenvalue weighted by atomic mass is 9.85. The molecule has 0 unspecified atom stereocenters. The van der Waals surface area contributed by atoms with E-state index in [1.54, 1.807) is 22.9 Å². The van der Waals surface area contributed by atoms with Gasteiger partial charge in [0.25, 0.3) is 0 Å². The number of rotatable bonds is 6. The fourth-order valence-corrected chi connectivity index (χ4v) is 3.66. The van der Waals surface area contributed by atoms with Gasteiger partial charge in [-0.2, -0.15) is 0 Å². The molecule has 7 heteroatoms. The lowest BCUT2D eigenvalue weighted by Gasteiger charge is -2.30. The molecular formula is C16H21N3O2S2. The molecule has 2 aromatic rings. The van der Waals surface area contributed by atoms with Gasteiger partial charge in [0.05, 0.1) is 6.04 Å². The van der Waals surface area contributed by atoms with Gasteiger partial charge < -0.3 is 10.6 Å². The van der Waals surface area contributed by atoms with Crippen LogP contribution in [0.4, 0.5) is 5.13 Å². The monoisotopic (exact) mass is 351 g/mol. The number of hydrogen-bond acceptors (Lipinski definition) is 5. The van der Waals surface area contributed by atoms with Crippen LogP contribution in [0, 0.1) is 5.41 Å². The number of thiazole rings is 1. The summed E-state index contributed by atoms with van der Waals surface area (Å²) in [4.78, 5) is 29.1. The summed E-state index contributed by atoms with van der Waals surface area (Å²) in [7, 11) is 0. The first-order valence-corrected chi connectivity index (χ1v) is 9.14. The molecule has 23 heavy (non-hydrogen) atoms. The predicted molar refractivity (Wildman–Crippen MR) is 94.6 cm³/mol. The Hall–Kier alpha value is -1.73. The first kappa shape index (κ1) is 17.6. The standard InChI is InChI=1S/C16H21N3O2S2/c1-16(2,3)14(11-5-4-9-22-11)18-12(20)6-7-13(21)19-15-17-8-10-23-15/h4-5,8-10,14H,6-7H2,1-3H3,(H,18,20)(H,17,19,21)/t14-/m1/s1. The summed E-state index contributed by atoms with van der Waals surface area (Å²) >= 11 is 2.98. The first-order valence-electron chi connectivity index (χ1n) is 7.38. The van der Waals surface area contributed by atoms with Crippen molar-refractivity contribution in [3.63, 3.8) is 0 Å². The van der Waals surface area contributed by atoms with Crippen LogP contribution in [0.3, 0.4) is 0 Å². The van der Waals surface area contributed by atoms with E-state index in [-0.39, 0.29) is 36.1 Å². The average Bonchev–Trinajstić information content (AvgIpc) is 3.14. The molecule has 0 aliphatic rings. The maximum Gasteiger partial charge on any atom is 0.226 e. The van der Waals surface area contributed by atoms with Gasteiger partial charge in [0.1, 0.15) is 0 Å². The van der Waals surface area contributed by atoms with Crippen molar-refractivity contribution in [2.75, 3.05) is 5.32 Å². The molecule has 0 aliphatic carbocycles. The lowest BCUT2D eigenvalue weighted by molar-refractivity contribution is -0.125. The molecule has 0 spiro atoms. The second-order valence-electron chi connectivity index (χ2n) is 6.27. The maximum atomic E-state index is 12.2. The molecule has 5 nitrogen and oxygen atoms in total. The van der Waals surface area contributed by atoms with Crippen LogP contribution in [-0.4, -0.2) is 16.8 Å². The van der Waals surface area contributed by atoms with Crippen molar-refractivity contribution in [3.8, 4) is 0 Å². The lowest BCUT2D eigenvalue weighted by Crippen LogP contribution is -2.36. The largest absolute Gasteiger partial charge is 0.348 e. The molecule has 0 fully saturated rings. The van der Waals surface area contributed by atoms with Gasteiger partial charge in [-0.15, -0.1) is 22.7 Å². The smallest absolute Gasteiger partial charge is 0.226 e. The van der Waals surface area contributed by atoms with E-state index in [1.165, 1.54) is 11.3 Å². The Bertz CT molecular complexity index is 631. The van der Waals surface area contributed by atoms with Crippen molar-refractivity contribution < 1.29 is 9.59 Å². The highest BCUT2D eigenvalue weighted by molar-refractivity contribution is 7.13. The fourth-order valence-electron chi connectivity index (χ4n) is 2.10. The van der Waals surface area contributed by atoms with E-state index in [0.717, 1.165) is 4.88 Å². The van der Waals surface area contributed by atoms with Gasteiger partial charge in [-0.25, -0.2) is 4.98 Å². The van der Waals surface area contributed by atoms with Crippen molar-refractivity contribution in [2.24, 2.45) is 5.41 Å². The van der Waals surface area contributed by atoms with Crippen molar-refractivity contribution in [1.29, 1.82) is 0 Å². The molecule has 0 aromatic carbocycles. The topological polar surface area (TPSA) is 71.1 Å². The molecule has 2 heterocycles. The number of nitrogens with one attached hydrogen (secondary N) is 2. The van der Waals surface area contributed by atoms with E-state index >= 15 is 0 Å². The molecule has 0 bridgehead atoms. The number of hydrogen-bond donors (Lipinski definition) is 2. The van der Waals surface area contributed by atoms with Gasteiger partial charge >= 0.3 is 0 Å². The average molecular weight is 351 g/mol. The Morgan fingerprint density at radius 2 is 1.91 bits per heavy atom. The van der Waals surface area contributed by atoms with Gasteiger partial charge in [0.2, 0.25) is 11.8 Å². The summed E-state index contributed by atoms with van der Waals surface area (Å²) in [6, 6.07) is 3.94. The second kappa shape index (κ2) is 7.70.